The molecule has 0 bridgehead atoms. The molecule has 0 unspecified atom stereocenters. The van der Waals surface area contributed by atoms with Crippen LogP contribution in [-0.4, -0.2) is 34.1 Å². The number of aryl methyl sites for hydroxylation is 1. The van der Waals surface area contributed by atoms with Gasteiger partial charge in [-0.2, -0.15) is 0 Å². The summed E-state index contributed by atoms with van der Waals surface area (Å²) in [5.74, 6) is -0.429. The van der Waals surface area contributed by atoms with Crippen molar-refractivity contribution in [3.8, 4) is 5.75 Å². The number of rotatable bonds is 8. The summed E-state index contributed by atoms with van der Waals surface area (Å²) in [6.45, 7) is 4.46. The molecule has 0 aliphatic heterocycles. The summed E-state index contributed by atoms with van der Waals surface area (Å²) in [4.78, 5) is 29.2. The maximum Gasteiger partial charge on any atom is 0.329 e. The maximum atomic E-state index is 12.9. The van der Waals surface area contributed by atoms with E-state index < -0.39 is 17.4 Å². The highest BCUT2D eigenvalue weighted by molar-refractivity contribution is 6.31. The minimum atomic E-state index is -1.22. The van der Waals surface area contributed by atoms with Crippen molar-refractivity contribution < 1.29 is 19.4 Å². The van der Waals surface area contributed by atoms with E-state index in [9.17, 15) is 14.7 Å². The van der Waals surface area contributed by atoms with E-state index in [2.05, 4.69) is 17.2 Å². The molecule has 1 aliphatic carbocycles. The van der Waals surface area contributed by atoms with Crippen LogP contribution in [0.5, 0.6) is 5.75 Å². The minimum absolute atomic E-state index is 0.296. The Bertz CT molecular complexity index is 939. The molecule has 1 amide bonds. The average Bonchev–Trinajstić information content (AvgIpc) is 2.76. The Balaban J connectivity index is 1.72. The number of aliphatic carboxylic acids is 1. The third kappa shape index (κ3) is 5.56. The molecule has 1 aromatic heterocycles. The molecule has 7 heteroatoms. The van der Waals surface area contributed by atoms with Crippen LogP contribution in [0.1, 0.15) is 61.1 Å². The fourth-order valence-electron chi connectivity index (χ4n) is 3.90. The van der Waals surface area contributed by atoms with Crippen molar-refractivity contribution in [2.24, 2.45) is 5.92 Å². The number of pyridine rings is 1. The van der Waals surface area contributed by atoms with E-state index in [-0.39, 0.29) is 0 Å². The number of amides is 1. The average molecular weight is 445 g/mol. The molecule has 166 valence electrons. The number of carbonyl (C=O) groups excluding carboxylic acids is 1. The van der Waals surface area contributed by atoms with E-state index in [1.54, 1.807) is 6.07 Å². The monoisotopic (exact) mass is 444 g/mol. The van der Waals surface area contributed by atoms with E-state index in [1.807, 2.05) is 31.2 Å². The molecular weight excluding hydrogens is 416 g/mol. The summed E-state index contributed by atoms with van der Waals surface area (Å²) >= 11 is 6.20. The number of aromatic nitrogens is 1. The van der Waals surface area contributed by atoms with E-state index in [0.717, 1.165) is 24.1 Å². The van der Waals surface area contributed by atoms with Crippen LogP contribution in [-0.2, 0) is 17.6 Å². The number of halogens is 1. The zero-order valence-electron chi connectivity index (χ0n) is 18.0. The molecule has 1 saturated carbocycles. The summed E-state index contributed by atoms with van der Waals surface area (Å²) in [6.07, 6.45) is 5.16. The molecule has 1 aliphatic rings. The van der Waals surface area contributed by atoms with Crippen molar-refractivity contribution in [3.63, 3.8) is 0 Å². The first-order valence-corrected chi connectivity index (χ1v) is 11.1. The highest BCUT2D eigenvalue weighted by atomic mass is 35.5. The van der Waals surface area contributed by atoms with Crippen molar-refractivity contribution in [1.29, 1.82) is 0 Å². The molecule has 1 fully saturated rings. The molecule has 2 aromatic rings. The number of benzene rings is 1. The third-order valence-electron chi connectivity index (χ3n) is 6.00. The summed E-state index contributed by atoms with van der Waals surface area (Å²) in [5, 5.41) is 13.2. The van der Waals surface area contributed by atoms with E-state index in [0.29, 0.717) is 54.5 Å². The molecule has 0 radical (unpaired) electrons. The minimum Gasteiger partial charge on any atom is -0.491 e. The summed E-state index contributed by atoms with van der Waals surface area (Å²) in [6, 6.07) is 9.24. The number of nitrogens with zero attached hydrogens (tertiary/aromatic N) is 1. The molecule has 2 N–H and O–H groups in total. The van der Waals surface area contributed by atoms with Gasteiger partial charge >= 0.3 is 5.97 Å². The van der Waals surface area contributed by atoms with Gasteiger partial charge in [-0.15, -0.1) is 0 Å². The standard InChI is InChI=1S/C24H29ClN2O4/c1-3-20-21(31-13-10-17-6-4-5-7-19(17)25)14-18(15-26-20)22(28)27-24(23(29)30)11-8-16(2)9-12-24/h4-7,14-16H,3,8-13H2,1-2H3,(H,27,28)(H,29,30). The molecule has 1 heterocycles. The van der Waals surface area contributed by atoms with Gasteiger partial charge in [-0.3, -0.25) is 9.78 Å². The first-order chi connectivity index (χ1) is 14.8. The second kappa shape index (κ2) is 10.1. The Kier molecular flexibility index (Phi) is 7.55. The first-order valence-electron chi connectivity index (χ1n) is 10.8. The van der Waals surface area contributed by atoms with Gasteiger partial charge < -0.3 is 15.2 Å². The highest BCUT2D eigenvalue weighted by Crippen LogP contribution is 2.32. The lowest BCUT2D eigenvalue weighted by molar-refractivity contribution is -0.146. The van der Waals surface area contributed by atoms with E-state index in [1.165, 1.54) is 6.20 Å². The second-order valence-electron chi connectivity index (χ2n) is 8.24. The topological polar surface area (TPSA) is 88.5 Å². The highest BCUT2D eigenvalue weighted by Gasteiger charge is 2.42. The molecule has 0 atom stereocenters. The molecule has 0 spiro atoms. The number of ether oxygens (including phenoxy) is 1. The smallest absolute Gasteiger partial charge is 0.329 e. The molecule has 6 nitrogen and oxygen atoms in total. The number of nitrogens with one attached hydrogen (secondary N) is 1. The predicted molar refractivity (Wildman–Crippen MR) is 120 cm³/mol. The Morgan fingerprint density at radius 2 is 2.00 bits per heavy atom. The molecule has 0 saturated heterocycles. The Hall–Kier alpha value is -2.60. The van der Waals surface area contributed by atoms with Crippen molar-refractivity contribution in [2.45, 2.75) is 57.9 Å². The van der Waals surface area contributed by atoms with E-state index >= 15 is 0 Å². The fraction of sp³-hybridized carbons (Fsp3) is 0.458. The Morgan fingerprint density at radius 1 is 1.29 bits per heavy atom. The van der Waals surface area contributed by atoms with Crippen molar-refractivity contribution in [2.75, 3.05) is 6.61 Å². The maximum absolute atomic E-state index is 12.9. The first kappa shape index (κ1) is 23.1. The van der Waals surface area contributed by atoms with Crippen molar-refractivity contribution >= 4 is 23.5 Å². The van der Waals surface area contributed by atoms with Gasteiger partial charge in [0.1, 0.15) is 11.3 Å². The number of carbonyl (C=O) groups is 2. The van der Waals surface area contributed by atoms with E-state index in [4.69, 9.17) is 16.3 Å². The van der Waals surface area contributed by atoms with Crippen LogP contribution < -0.4 is 10.1 Å². The van der Waals surface area contributed by atoms with Crippen LogP contribution in [0.4, 0.5) is 0 Å². The van der Waals surface area contributed by atoms with Gasteiger partial charge in [-0.25, -0.2) is 4.79 Å². The van der Waals surface area contributed by atoms with Gasteiger partial charge in [0.05, 0.1) is 17.9 Å². The molecule has 1 aromatic carbocycles. The third-order valence-corrected chi connectivity index (χ3v) is 6.37. The number of hydrogen-bond acceptors (Lipinski definition) is 4. The van der Waals surface area contributed by atoms with Gasteiger partial charge in [0.25, 0.3) is 5.91 Å². The van der Waals surface area contributed by atoms with Gasteiger partial charge in [-0.1, -0.05) is 43.6 Å². The summed E-state index contributed by atoms with van der Waals surface area (Å²) < 4.78 is 5.94. The van der Waals surface area contributed by atoms with Crippen LogP contribution in [0.2, 0.25) is 5.02 Å². The van der Waals surface area contributed by atoms with Gasteiger partial charge in [-0.05, 0) is 55.7 Å². The normalized spacial score (nSPS) is 20.8. The van der Waals surface area contributed by atoms with Crippen LogP contribution >= 0.6 is 11.6 Å². The molecule has 3 rings (SSSR count). The SMILES string of the molecule is CCc1ncc(C(=O)NC2(C(=O)O)CCC(C)CC2)cc1OCCc1ccccc1Cl. The Labute approximate surface area is 188 Å². The molecular formula is C24H29ClN2O4. The van der Waals surface area contributed by atoms with Crippen LogP contribution in [0.25, 0.3) is 0 Å². The van der Waals surface area contributed by atoms with Gasteiger partial charge in [0.2, 0.25) is 0 Å². The Morgan fingerprint density at radius 3 is 2.65 bits per heavy atom. The summed E-state index contributed by atoms with van der Waals surface area (Å²) in [5.41, 5.74) is 0.802. The predicted octanol–water partition coefficient (Wildman–Crippen LogP) is 4.68. The van der Waals surface area contributed by atoms with Gasteiger partial charge in [0, 0.05) is 17.6 Å². The van der Waals surface area contributed by atoms with Gasteiger partial charge in [0.15, 0.2) is 0 Å². The zero-order valence-corrected chi connectivity index (χ0v) is 18.7. The lowest BCUT2D eigenvalue weighted by Gasteiger charge is -2.36. The number of carboxylic acids is 1. The number of hydrogen-bond donors (Lipinski definition) is 2. The fourth-order valence-corrected chi connectivity index (χ4v) is 4.13. The lowest BCUT2D eigenvalue weighted by atomic mass is 9.77. The summed E-state index contributed by atoms with van der Waals surface area (Å²) in [7, 11) is 0. The quantitative estimate of drug-likeness (QED) is 0.617. The largest absolute Gasteiger partial charge is 0.491 e. The number of carboxylic acid groups (broad SMARTS) is 1. The van der Waals surface area contributed by atoms with Crippen molar-refractivity contribution in [3.05, 3.63) is 58.4 Å². The van der Waals surface area contributed by atoms with Crippen LogP contribution in [0.15, 0.2) is 36.5 Å². The second-order valence-corrected chi connectivity index (χ2v) is 8.64. The van der Waals surface area contributed by atoms with Crippen molar-refractivity contribution in [1.82, 2.24) is 10.3 Å². The zero-order chi connectivity index (χ0) is 22.4. The molecule has 31 heavy (non-hydrogen) atoms. The van der Waals surface area contributed by atoms with Crippen LogP contribution in [0.3, 0.4) is 0 Å². The van der Waals surface area contributed by atoms with Crippen LogP contribution in [0, 0.1) is 5.92 Å². The lowest BCUT2D eigenvalue weighted by Crippen LogP contribution is -2.56.